The van der Waals surface area contributed by atoms with E-state index in [0.717, 1.165) is 13.1 Å². The third kappa shape index (κ3) is 9.50. The van der Waals surface area contributed by atoms with E-state index in [0.29, 0.717) is 60.8 Å². The zero-order chi connectivity index (χ0) is 38.3. The number of rotatable bonds is 16. The van der Waals surface area contributed by atoms with Crippen LogP contribution in [0.1, 0.15) is 51.4 Å². The number of aliphatic hydroxyl groups excluding tert-OH is 4. The minimum absolute atomic E-state index is 0.156. The molecule has 4 rings (SSSR count). The maximum absolute atomic E-state index is 13.5. The van der Waals surface area contributed by atoms with Gasteiger partial charge in [-0.05, 0) is 102 Å². The molecule has 0 spiro atoms. The monoisotopic (exact) mass is 803 g/mol. The SMILES string of the molecule is CCN(CC)Cc1cc(C(=O)OC[C@@H](O)[C@@H](O)[C@H](O)[C@H](O)COC(=O)Cc2c(C)n(C(=O)c3ccc(Cl)cc3)c3ccc(OC)cc23)cc(Br)c1N. The van der Waals surface area contributed by atoms with Crippen LogP contribution in [0, 0.1) is 6.92 Å². The molecule has 0 amide bonds. The van der Waals surface area contributed by atoms with E-state index in [1.165, 1.54) is 17.7 Å². The largest absolute Gasteiger partial charge is 0.497 e. The van der Waals surface area contributed by atoms with Crippen molar-refractivity contribution in [2.24, 2.45) is 0 Å². The number of nitrogens with zero attached hydrogens (tertiary/aromatic N) is 2. The number of anilines is 1. The van der Waals surface area contributed by atoms with Crippen LogP contribution < -0.4 is 10.5 Å². The molecule has 280 valence electrons. The van der Waals surface area contributed by atoms with Gasteiger partial charge in [0.2, 0.25) is 0 Å². The lowest BCUT2D eigenvalue weighted by molar-refractivity contribution is -0.155. The first kappa shape index (κ1) is 40.7. The molecule has 1 heterocycles. The Labute approximate surface area is 314 Å². The molecule has 0 aliphatic heterocycles. The summed E-state index contributed by atoms with van der Waals surface area (Å²) in [6.07, 6.45) is -7.85. The number of hydrogen-bond acceptors (Lipinski definition) is 12. The predicted octanol–water partition coefficient (Wildman–Crippen LogP) is 3.87. The Hall–Kier alpha value is -4.02. The minimum Gasteiger partial charge on any atom is -0.497 e. The third-order valence-corrected chi connectivity index (χ3v) is 9.74. The van der Waals surface area contributed by atoms with Crippen LogP contribution in [0.25, 0.3) is 10.9 Å². The average Bonchev–Trinajstić information content (AvgIpc) is 3.41. The third-order valence-electron chi connectivity index (χ3n) is 8.84. The Kier molecular flexibility index (Phi) is 14.2. The number of nitrogens with two attached hydrogens (primary N) is 1. The second kappa shape index (κ2) is 18.1. The van der Waals surface area contributed by atoms with Crippen LogP contribution in [0.5, 0.6) is 5.75 Å². The van der Waals surface area contributed by atoms with Crippen molar-refractivity contribution >= 4 is 62.0 Å². The zero-order valence-corrected chi connectivity index (χ0v) is 31.6. The van der Waals surface area contributed by atoms with Crippen molar-refractivity contribution in [1.82, 2.24) is 9.47 Å². The molecule has 0 saturated heterocycles. The standard InChI is InChI=1S/C37H43BrClN3O10/c1-5-41(6-2)17-23-13-22(14-28(38)33(23)40)37(49)52-19-31(44)35(47)34(46)30(43)18-51-32(45)16-26-20(3)42(29-12-11-25(50-4)15-27(26)29)36(48)21-7-9-24(39)10-8-21/h7-15,30-31,34-35,43-44,46-47H,5-6,16-19,40H2,1-4H3/t30-,31-,34-,35-/m1/s1. The summed E-state index contributed by atoms with van der Waals surface area (Å²) in [6, 6.07) is 14.5. The molecule has 0 fully saturated rings. The van der Waals surface area contributed by atoms with Crippen molar-refractivity contribution in [2.45, 2.75) is 58.2 Å². The number of carbonyl (C=O) groups excluding carboxylic acids is 3. The Balaban J connectivity index is 1.38. The van der Waals surface area contributed by atoms with E-state index in [-0.39, 0.29) is 17.9 Å². The zero-order valence-electron chi connectivity index (χ0n) is 29.2. The second-order valence-corrected chi connectivity index (χ2v) is 13.5. The number of hydrogen-bond donors (Lipinski definition) is 5. The van der Waals surface area contributed by atoms with Crippen molar-refractivity contribution in [2.75, 3.05) is 39.1 Å². The van der Waals surface area contributed by atoms with E-state index in [2.05, 4.69) is 20.8 Å². The lowest BCUT2D eigenvalue weighted by atomic mass is 10.0. The fourth-order valence-electron chi connectivity index (χ4n) is 5.68. The topological polar surface area (TPSA) is 194 Å². The number of halogens is 2. The summed E-state index contributed by atoms with van der Waals surface area (Å²) < 4.78 is 17.7. The van der Waals surface area contributed by atoms with Gasteiger partial charge in [-0.2, -0.15) is 0 Å². The van der Waals surface area contributed by atoms with Crippen molar-refractivity contribution in [3.8, 4) is 5.75 Å². The van der Waals surface area contributed by atoms with Gasteiger partial charge in [0.1, 0.15) is 43.4 Å². The number of carbonyl (C=O) groups is 3. The van der Waals surface area contributed by atoms with Gasteiger partial charge >= 0.3 is 11.9 Å². The van der Waals surface area contributed by atoms with E-state index in [9.17, 15) is 34.8 Å². The molecule has 13 nitrogen and oxygen atoms in total. The van der Waals surface area contributed by atoms with E-state index < -0.39 is 49.6 Å². The Morgan fingerprint density at radius 3 is 2.12 bits per heavy atom. The van der Waals surface area contributed by atoms with Crippen molar-refractivity contribution in [3.05, 3.63) is 92.0 Å². The van der Waals surface area contributed by atoms with Crippen molar-refractivity contribution in [3.63, 3.8) is 0 Å². The van der Waals surface area contributed by atoms with Crippen molar-refractivity contribution < 1.29 is 49.0 Å². The number of ether oxygens (including phenoxy) is 3. The summed E-state index contributed by atoms with van der Waals surface area (Å²) in [5.74, 6) is -1.45. The Morgan fingerprint density at radius 2 is 1.52 bits per heavy atom. The molecule has 15 heteroatoms. The van der Waals surface area contributed by atoms with E-state index in [1.54, 1.807) is 55.5 Å². The van der Waals surface area contributed by atoms with E-state index in [4.69, 9.17) is 31.5 Å². The molecule has 3 aromatic carbocycles. The maximum atomic E-state index is 13.5. The number of nitrogen functional groups attached to an aromatic ring is 1. The highest BCUT2D eigenvalue weighted by Crippen LogP contribution is 2.31. The van der Waals surface area contributed by atoms with Crippen LogP contribution in [0.2, 0.25) is 5.02 Å². The second-order valence-electron chi connectivity index (χ2n) is 12.2. The molecule has 6 N–H and O–H groups in total. The number of aromatic nitrogens is 1. The Bertz CT molecular complexity index is 1900. The van der Waals surface area contributed by atoms with E-state index >= 15 is 0 Å². The Morgan fingerprint density at radius 1 is 0.904 bits per heavy atom. The summed E-state index contributed by atoms with van der Waals surface area (Å²) in [5, 5.41) is 43.1. The number of benzene rings is 3. The highest BCUT2D eigenvalue weighted by atomic mass is 79.9. The van der Waals surface area contributed by atoms with Gasteiger partial charge in [-0.1, -0.05) is 25.4 Å². The summed E-state index contributed by atoms with van der Waals surface area (Å²) in [6.45, 7) is 6.29. The number of fused-ring (bicyclic) bond motifs is 1. The molecule has 0 aliphatic carbocycles. The molecule has 0 aliphatic rings. The minimum atomic E-state index is -1.97. The van der Waals surface area contributed by atoms with Gasteiger partial charge < -0.3 is 40.4 Å². The van der Waals surface area contributed by atoms with Gasteiger partial charge in [-0.25, -0.2) is 4.79 Å². The van der Waals surface area contributed by atoms with Gasteiger partial charge in [0.05, 0.1) is 30.3 Å². The number of aliphatic hydroxyl groups is 4. The molecule has 52 heavy (non-hydrogen) atoms. The average molecular weight is 805 g/mol. The van der Waals surface area contributed by atoms with Crippen LogP contribution in [-0.2, 0) is 27.2 Å². The van der Waals surface area contributed by atoms with Gasteiger partial charge in [0.15, 0.2) is 0 Å². The van der Waals surface area contributed by atoms with Crippen molar-refractivity contribution in [1.29, 1.82) is 0 Å². The summed E-state index contributed by atoms with van der Waals surface area (Å²) in [7, 11) is 1.49. The molecule has 0 bridgehead atoms. The highest BCUT2D eigenvalue weighted by Gasteiger charge is 2.32. The van der Waals surface area contributed by atoms with Crippen LogP contribution in [-0.4, -0.2) is 106 Å². The molecule has 1 aromatic heterocycles. The summed E-state index contributed by atoms with van der Waals surface area (Å²) in [5.41, 5.74) is 9.37. The first-order valence-electron chi connectivity index (χ1n) is 16.5. The lowest BCUT2D eigenvalue weighted by Crippen LogP contribution is -2.48. The molecule has 0 saturated carbocycles. The van der Waals surface area contributed by atoms with Crippen LogP contribution in [0.4, 0.5) is 5.69 Å². The molecule has 4 aromatic rings. The fourth-order valence-corrected chi connectivity index (χ4v) is 6.31. The van der Waals surface area contributed by atoms with Crippen LogP contribution in [0.15, 0.2) is 59.1 Å². The quantitative estimate of drug-likeness (QED) is 0.0813. The first-order chi connectivity index (χ1) is 24.7. The van der Waals surface area contributed by atoms with Gasteiger partial charge in [-0.15, -0.1) is 0 Å². The molecular weight excluding hydrogens is 762 g/mol. The smallest absolute Gasteiger partial charge is 0.338 e. The molecule has 0 unspecified atom stereocenters. The molecular formula is C37H43BrClN3O10. The van der Waals surface area contributed by atoms with Gasteiger partial charge in [0, 0.05) is 32.7 Å². The van der Waals surface area contributed by atoms with E-state index in [1.807, 2.05) is 13.8 Å². The first-order valence-corrected chi connectivity index (χ1v) is 17.7. The summed E-state index contributed by atoms with van der Waals surface area (Å²) >= 11 is 9.36. The lowest BCUT2D eigenvalue weighted by Gasteiger charge is -2.26. The molecule has 0 radical (unpaired) electrons. The predicted molar refractivity (Wildman–Crippen MR) is 199 cm³/mol. The summed E-state index contributed by atoms with van der Waals surface area (Å²) in [4.78, 5) is 41.5. The van der Waals surface area contributed by atoms with Gasteiger partial charge in [-0.3, -0.25) is 19.1 Å². The highest BCUT2D eigenvalue weighted by molar-refractivity contribution is 9.10. The number of esters is 2. The van der Waals surface area contributed by atoms with Crippen LogP contribution in [0.3, 0.4) is 0 Å². The van der Waals surface area contributed by atoms with Gasteiger partial charge in [0.25, 0.3) is 5.91 Å². The van der Waals surface area contributed by atoms with Crippen LogP contribution >= 0.6 is 27.5 Å². The fraction of sp³-hybridized carbons (Fsp3) is 0.378. The normalized spacial score (nSPS) is 13.8. The number of methoxy groups -OCH3 is 1. The molecule has 4 atom stereocenters. The maximum Gasteiger partial charge on any atom is 0.338 e.